The smallest absolute Gasteiger partial charge is 0.265 e. The fourth-order valence-corrected chi connectivity index (χ4v) is 4.73. The van der Waals surface area contributed by atoms with Crippen LogP contribution in [-0.4, -0.2) is 40.6 Å². The first-order valence-corrected chi connectivity index (χ1v) is 11.3. The summed E-state index contributed by atoms with van der Waals surface area (Å²) in [5, 5.41) is 9.37. The minimum absolute atomic E-state index is 0.172. The lowest BCUT2D eigenvalue weighted by Gasteiger charge is -2.12. The second-order valence-corrected chi connectivity index (χ2v) is 9.36. The van der Waals surface area contributed by atoms with Gasteiger partial charge in [0.15, 0.2) is 0 Å². The lowest BCUT2D eigenvalue weighted by molar-refractivity contribution is 0.0827. The number of carbonyl (C=O) groups is 2. The molecular formula is C23H20Cl2N4O2S. The molecule has 0 saturated heterocycles. The lowest BCUT2D eigenvalue weighted by atomic mass is 10.1. The first-order valence-electron chi connectivity index (χ1n) is 9.77. The number of aryl methyl sites for hydroxylation is 1. The van der Waals surface area contributed by atoms with Crippen molar-refractivity contribution >= 4 is 62.3 Å². The number of thiophene rings is 1. The van der Waals surface area contributed by atoms with E-state index in [2.05, 4.69) is 10.4 Å². The van der Waals surface area contributed by atoms with Gasteiger partial charge < -0.3 is 10.2 Å². The first kappa shape index (κ1) is 22.3. The van der Waals surface area contributed by atoms with Crippen LogP contribution in [0.3, 0.4) is 0 Å². The molecule has 164 valence electrons. The molecule has 0 bridgehead atoms. The van der Waals surface area contributed by atoms with Crippen molar-refractivity contribution in [2.24, 2.45) is 0 Å². The molecule has 6 nitrogen and oxygen atoms in total. The molecule has 2 aromatic heterocycles. The summed E-state index contributed by atoms with van der Waals surface area (Å²) in [6, 6.07) is 14.3. The second-order valence-electron chi connectivity index (χ2n) is 7.51. The number of fused-ring (bicyclic) bond motifs is 1. The highest BCUT2D eigenvalue weighted by Crippen LogP contribution is 2.31. The number of hydrogen-bond donors (Lipinski definition) is 1. The predicted molar refractivity (Wildman–Crippen MR) is 130 cm³/mol. The Hall–Kier alpha value is -2.87. The number of aromatic nitrogens is 2. The lowest BCUT2D eigenvalue weighted by Crippen LogP contribution is -2.22. The molecule has 4 rings (SSSR count). The average Bonchev–Trinajstić information content (AvgIpc) is 3.32. The number of amides is 2. The van der Waals surface area contributed by atoms with E-state index in [1.165, 1.54) is 16.2 Å². The number of halogens is 2. The van der Waals surface area contributed by atoms with E-state index in [1.807, 2.05) is 41.9 Å². The molecule has 0 atom stereocenters. The third-order valence-corrected chi connectivity index (χ3v) is 6.82. The van der Waals surface area contributed by atoms with Crippen LogP contribution in [0, 0.1) is 6.92 Å². The maximum absolute atomic E-state index is 13.0. The molecule has 0 aliphatic rings. The molecule has 4 aromatic rings. The first-order chi connectivity index (χ1) is 15.2. The van der Waals surface area contributed by atoms with Crippen LogP contribution in [0.5, 0.6) is 0 Å². The summed E-state index contributed by atoms with van der Waals surface area (Å²) in [5.74, 6) is -0.472. The normalized spacial score (nSPS) is 11.0. The third kappa shape index (κ3) is 4.37. The molecule has 0 spiro atoms. The van der Waals surface area contributed by atoms with Crippen molar-refractivity contribution in [3.63, 3.8) is 0 Å². The summed E-state index contributed by atoms with van der Waals surface area (Å²) in [7, 11) is 3.33. The Labute approximate surface area is 199 Å². The monoisotopic (exact) mass is 486 g/mol. The largest absolute Gasteiger partial charge is 0.345 e. The van der Waals surface area contributed by atoms with Gasteiger partial charge in [0, 0.05) is 30.1 Å². The van der Waals surface area contributed by atoms with Crippen LogP contribution in [0.4, 0.5) is 5.69 Å². The van der Waals surface area contributed by atoms with Gasteiger partial charge in [0.25, 0.3) is 11.8 Å². The molecule has 32 heavy (non-hydrogen) atoms. The molecule has 2 amide bonds. The van der Waals surface area contributed by atoms with Gasteiger partial charge in [0.1, 0.15) is 4.83 Å². The molecule has 1 N–H and O–H groups in total. The minimum atomic E-state index is -0.300. The van der Waals surface area contributed by atoms with Gasteiger partial charge in [-0.15, -0.1) is 11.3 Å². The van der Waals surface area contributed by atoms with Crippen molar-refractivity contribution in [3.05, 3.63) is 80.3 Å². The van der Waals surface area contributed by atoms with E-state index < -0.39 is 0 Å². The van der Waals surface area contributed by atoms with Crippen LogP contribution in [0.15, 0.2) is 48.5 Å². The molecule has 0 fully saturated rings. The number of nitrogens with one attached hydrogen (secondary N) is 1. The van der Waals surface area contributed by atoms with E-state index in [0.717, 1.165) is 21.5 Å². The van der Waals surface area contributed by atoms with Crippen LogP contribution in [0.2, 0.25) is 10.0 Å². The number of nitrogens with zero attached hydrogens (tertiary/aromatic N) is 3. The zero-order valence-corrected chi connectivity index (χ0v) is 20.0. The Morgan fingerprint density at radius 2 is 1.84 bits per heavy atom. The van der Waals surface area contributed by atoms with Crippen LogP contribution >= 0.6 is 34.5 Å². The number of hydrogen-bond acceptors (Lipinski definition) is 4. The highest BCUT2D eigenvalue weighted by molar-refractivity contribution is 7.20. The highest BCUT2D eigenvalue weighted by atomic mass is 35.5. The van der Waals surface area contributed by atoms with E-state index in [0.29, 0.717) is 32.7 Å². The van der Waals surface area contributed by atoms with Gasteiger partial charge in [-0.25, -0.2) is 0 Å². The fourth-order valence-electron chi connectivity index (χ4n) is 3.32. The number of rotatable bonds is 5. The van der Waals surface area contributed by atoms with E-state index in [4.69, 9.17) is 23.2 Å². The van der Waals surface area contributed by atoms with E-state index >= 15 is 0 Å². The molecule has 0 saturated carbocycles. The van der Waals surface area contributed by atoms with Gasteiger partial charge in [0.2, 0.25) is 0 Å². The summed E-state index contributed by atoms with van der Waals surface area (Å²) in [6.45, 7) is 2.42. The summed E-state index contributed by atoms with van der Waals surface area (Å²) in [4.78, 5) is 28.1. The molecule has 0 aliphatic heterocycles. The molecule has 0 unspecified atom stereocenters. The molecule has 2 aromatic carbocycles. The summed E-state index contributed by atoms with van der Waals surface area (Å²) in [6.07, 6.45) is 0. The van der Waals surface area contributed by atoms with Crippen molar-refractivity contribution < 1.29 is 9.59 Å². The number of anilines is 1. The van der Waals surface area contributed by atoms with Gasteiger partial charge >= 0.3 is 0 Å². The fraction of sp³-hybridized carbons (Fsp3) is 0.174. The highest BCUT2D eigenvalue weighted by Gasteiger charge is 2.19. The van der Waals surface area contributed by atoms with Crippen LogP contribution < -0.4 is 5.32 Å². The molecule has 0 radical (unpaired) electrons. The SMILES string of the molecule is Cc1nn(Cc2ccccc2Cl)c2sc(C(=O)Nc3cc(C(=O)N(C)C)ccc3Cl)cc12. The maximum atomic E-state index is 13.0. The Morgan fingerprint density at radius 3 is 2.56 bits per heavy atom. The zero-order chi connectivity index (χ0) is 23.0. The summed E-state index contributed by atoms with van der Waals surface area (Å²) < 4.78 is 1.86. The number of benzene rings is 2. The molecule has 2 heterocycles. The van der Waals surface area contributed by atoms with E-state index in [1.54, 1.807) is 32.3 Å². The summed E-state index contributed by atoms with van der Waals surface area (Å²) >= 11 is 13.9. The van der Waals surface area contributed by atoms with Gasteiger partial charge in [-0.1, -0.05) is 41.4 Å². The van der Waals surface area contributed by atoms with Crippen LogP contribution in [0.25, 0.3) is 10.2 Å². The Morgan fingerprint density at radius 1 is 1.09 bits per heavy atom. The van der Waals surface area contributed by atoms with Crippen molar-refractivity contribution in [2.45, 2.75) is 13.5 Å². The predicted octanol–water partition coefficient (Wildman–Crippen LogP) is 5.72. The van der Waals surface area contributed by atoms with Crippen LogP contribution in [-0.2, 0) is 6.54 Å². The zero-order valence-electron chi connectivity index (χ0n) is 17.6. The standard InChI is InChI=1S/C23H20Cl2N4O2S/c1-13-16-11-20(32-23(16)29(27-13)12-15-6-4-5-7-17(15)24)21(30)26-19-10-14(8-9-18(19)25)22(31)28(2)3/h4-11H,12H2,1-3H3,(H,26,30). The Balaban J connectivity index is 1.62. The van der Waals surface area contributed by atoms with Gasteiger partial charge in [-0.2, -0.15) is 5.10 Å². The quantitative estimate of drug-likeness (QED) is 0.392. The van der Waals surface area contributed by atoms with Gasteiger partial charge in [0.05, 0.1) is 27.8 Å². The topological polar surface area (TPSA) is 67.2 Å². The second kappa shape index (κ2) is 8.94. The summed E-state index contributed by atoms with van der Waals surface area (Å²) in [5.41, 5.74) is 2.61. The molecule has 0 aliphatic carbocycles. The van der Waals surface area contributed by atoms with Crippen molar-refractivity contribution in [1.82, 2.24) is 14.7 Å². The Kier molecular flexibility index (Phi) is 6.24. The van der Waals surface area contributed by atoms with Crippen molar-refractivity contribution in [1.29, 1.82) is 0 Å². The maximum Gasteiger partial charge on any atom is 0.265 e. The van der Waals surface area contributed by atoms with Gasteiger partial charge in [-0.3, -0.25) is 14.3 Å². The van der Waals surface area contributed by atoms with Crippen LogP contribution in [0.1, 0.15) is 31.3 Å². The molecule has 9 heteroatoms. The minimum Gasteiger partial charge on any atom is -0.345 e. The van der Waals surface area contributed by atoms with Gasteiger partial charge in [-0.05, 0) is 42.8 Å². The van der Waals surface area contributed by atoms with Crippen molar-refractivity contribution in [3.8, 4) is 0 Å². The average molecular weight is 487 g/mol. The third-order valence-electron chi connectivity index (χ3n) is 4.98. The van der Waals surface area contributed by atoms with Crippen molar-refractivity contribution in [2.75, 3.05) is 19.4 Å². The Bertz CT molecular complexity index is 1340. The van der Waals surface area contributed by atoms with E-state index in [9.17, 15) is 9.59 Å². The molecular weight excluding hydrogens is 467 g/mol. The number of carbonyl (C=O) groups excluding carboxylic acids is 2. The van der Waals surface area contributed by atoms with E-state index in [-0.39, 0.29) is 11.8 Å².